The van der Waals surface area contributed by atoms with Crippen molar-refractivity contribution < 1.29 is 26.3 Å². The van der Waals surface area contributed by atoms with Crippen LogP contribution in [0.25, 0.3) is 0 Å². The van der Waals surface area contributed by atoms with E-state index >= 15 is 0 Å². The summed E-state index contributed by atoms with van der Waals surface area (Å²) in [5.41, 5.74) is -0.201. The lowest BCUT2D eigenvalue weighted by molar-refractivity contribution is -0.138. The van der Waals surface area contributed by atoms with E-state index in [9.17, 15) is 26.3 Å². The second-order valence-electron chi connectivity index (χ2n) is 10.0. The quantitative estimate of drug-likeness (QED) is 0.219. The van der Waals surface area contributed by atoms with Gasteiger partial charge in [0.25, 0.3) is 0 Å². The molecule has 0 bridgehead atoms. The first kappa shape index (κ1) is 28.8. The monoisotopic (exact) mass is 628 g/mol. The molecular weight excluding hydrogens is 610 g/mol. The lowest BCUT2D eigenvalue weighted by Gasteiger charge is -2.33. The topological polar surface area (TPSA) is 80.6 Å². The molecule has 7 rings (SSSR count). The van der Waals surface area contributed by atoms with Gasteiger partial charge in [0, 0.05) is 22.5 Å². The summed E-state index contributed by atoms with van der Waals surface area (Å²) in [4.78, 5) is 30.5. The third kappa shape index (κ3) is 5.44. The Bertz CT molecular complexity index is 1900. The Labute approximate surface area is 256 Å². The zero-order valence-corrected chi connectivity index (χ0v) is 23.2. The van der Waals surface area contributed by atoms with Crippen molar-refractivity contribution in [1.82, 2.24) is 4.90 Å². The maximum atomic E-state index is 13.4. The minimum Gasteiger partial charge on any atom is -0.279 e. The molecule has 8 nitrogen and oxygen atoms in total. The molecule has 0 saturated carbocycles. The number of alkyl halides is 6. The van der Waals surface area contributed by atoms with E-state index in [1.165, 1.54) is 34.1 Å². The molecule has 0 saturated heterocycles. The number of aliphatic imine (C=N–C) groups is 6. The molecule has 0 atom stereocenters. The van der Waals surface area contributed by atoms with Crippen LogP contribution < -0.4 is 4.90 Å². The fourth-order valence-electron chi connectivity index (χ4n) is 4.79. The molecule has 4 aromatic carbocycles. The van der Waals surface area contributed by atoms with Crippen molar-refractivity contribution in [2.45, 2.75) is 12.4 Å². The molecule has 0 aliphatic carbocycles. The van der Waals surface area contributed by atoms with Crippen LogP contribution in [0.1, 0.15) is 22.3 Å². The summed E-state index contributed by atoms with van der Waals surface area (Å²) in [6, 6.07) is 26.3. The van der Waals surface area contributed by atoms with Crippen LogP contribution >= 0.6 is 0 Å². The van der Waals surface area contributed by atoms with E-state index in [-0.39, 0.29) is 46.9 Å². The summed E-state index contributed by atoms with van der Waals surface area (Å²) in [5.74, 6) is 0.713. The highest BCUT2D eigenvalue weighted by atomic mass is 19.4. The molecule has 14 heteroatoms. The number of nitrogens with zero attached hydrogens (tertiary/aromatic N) is 8. The van der Waals surface area contributed by atoms with E-state index in [2.05, 4.69) is 30.0 Å². The van der Waals surface area contributed by atoms with E-state index < -0.39 is 23.5 Å². The molecule has 0 fully saturated rings. The third-order valence-electron chi connectivity index (χ3n) is 6.99. The van der Waals surface area contributed by atoms with Gasteiger partial charge in [0.1, 0.15) is 0 Å². The van der Waals surface area contributed by atoms with Gasteiger partial charge in [-0.25, -0.2) is 4.90 Å². The Balaban J connectivity index is 1.41. The summed E-state index contributed by atoms with van der Waals surface area (Å²) in [7, 11) is 0. The van der Waals surface area contributed by atoms with Gasteiger partial charge < -0.3 is 0 Å². The van der Waals surface area contributed by atoms with Crippen LogP contribution in [0.5, 0.6) is 0 Å². The highest BCUT2D eigenvalue weighted by Gasteiger charge is 2.38. The molecular formula is C32H18F6N8. The summed E-state index contributed by atoms with van der Waals surface area (Å²) >= 11 is 0. The smallest absolute Gasteiger partial charge is 0.279 e. The van der Waals surface area contributed by atoms with Gasteiger partial charge in [0.15, 0.2) is 11.7 Å². The lowest BCUT2D eigenvalue weighted by Crippen LogP contribution is -2.49. The van der Waals surface area contributed by atoms with Crippen LogP contribution in [0.2, 0.25) is 0 Å². The summed E-state index contributed by atoms with van der Waals surface area (Å²) in [5, 5.41) is 0. The summed E-state index contributed by atoms with van der Waals surface area (Å²) in [6.07, 6.45) is -9.21. The number of benzene rings is 4. The second kappa shape index (κ2) is 10.9. The van der Waals surface area contributed by atoms with Crippen molar-refractivity contribution in [2.75, 3.05) is 4.90 Å². The van der Waals surface area contributed by atoms with E-state index in [1.807, 2.05) is 36.4 Å². The maximum absolute atomic E-state index is 13.4. The number of guanidine groups is 4. The number of anilines is 2. The zero-order valence-electron chi connectivity index (χ0n) is 23.2. The average molecular weight is 629 g/mol. The van der Waals surface area contributed by atoms with Crippen molar-refractivity contribution >= 4 is 46.9 Å². The normalized spacial score (nSPS) is 15.9. The summed E-state index contributed by atoms with van der Waals surface area (Å²) < 4.78 is 80.5. The second-order valence-corrected chi connectivity index (χ2v) is 10.0. The largest absolute Gasteiger partial charge is 0.416 e. The predicted molar refractivity (Wildman–Crippen MR) is 163 cm³/mol. The highest BCUT2D eigenvalue weighted by molar-refractivity contribution is 6.34. The fraction of sp³-hybridized carbons (Fsp3) is 0.0625. The Morgan fingerprint density at radius 1 is 0.435 bits per heavy atom. The van der Waals surface area contributed by atoms with Gasteiger partial charge in [-0.3, -0.25) is 4.90 Å². The minimum atomic E-state index is -4.61. The molecule has 4 aromatic rings. The predicted octanol–water partition coefficient (Wildman–Crippen LogP) is 7.52. The zero-order chi connectivity index (χ0) is 32.1. The van der Waals surface area contributed by atoms with Crippen molar-refractivity contribution in [3.05, 3.63) is 131 Å². The van der Waals surface area contributed by atoms with Crippen molar-refractivity contribution in [3.8, 4) is 0 Å². The van der Waals surface area contributed by atoms with Crippen LogP contribution in [0.3, 0.4) is 0 Å². The molecule has 228 valence electrons. The molecule has 0 N–H and O–H groups in total. The molecule has 3 heterocycles. The molecule has 3 aliphatic rings. The molecule has 0 amide bonds. The van der Waals surface area contributed by atoms with Crippen LogP contribution in [-0.4, -0.2) is 40.4 Å². The van der Waals surface area contributed by atoms with Crippen molar-refractivity contribution in [1.29, 1.82) is 0 Å². The molecule has 0 spiro atoms. The maximum Gasteiger partial charge on any atom is 0.416 e. The lowest BCUT2D eigenvalue weighted by atomic mass is 10.1. The Kier molecular flexibility index (Phi) is 6.84. The average Bonchev–Trinajstić information content (AvgIpc) is 3.05. The fourth-order valence-corrected chi connectivity index (χ4v) is 4.79. The SMILES string of the molecule is FC(F)(F)c1ccc(N(C2=NC3=NC(c4ccccc4)=NC4=NC(c5ccccc5)=NC(=N2)N43)c2ccc(C(F)(F)F)cc2)cc1. The van der Waals surface area contributed by atoms with E-state index in [1.54, 1.807) is 24.3 Å². The van der Waals surface area contributed by atoms with Gasteiger partial charge >= 0.3 is 12.4 Å². The van der Waals surface area contributed by atoms with E-state index in [0.29, 0.717) is 11.1 Å². The first-order valence-electron chi connectivity index (χ1n) is 13.6. The van der Waals surface area contributed by atoms with E-state index in [0.717, 1.165) is 24.3 Å². The first-order valence-corrected chi connectivity index (χ1v) is 13.6. The van der Waals surface area contributed by atoms with Gasteiger partial charge in [0.05, 0.1) is 11.1 Å². The Hall–Kier alpha value is -5.92. The first-order chi connectivity index (χ1) is 22.0. The van der Waals surface area contributed by atoms with Crippen LogP contribution in [0, 0.1) is 0 Å². The van der Waals surface area contributed by atoms with Crippen molar-refractivity contribution in [2.24, 2.45) is 30.0 Å². The van der Waals surface area contributed by atoms with Gasteiger partial charge in [-0.1, -0.05) is 60.7 Å². The molecule has 46 heavy (non-hydrogen) atoms. The standard InChI is InChI=1S/C32H18F6N8/c33-31(34,35)21-11-15-23(16-12-21)45(24-17-13-22(14-18-24)32(36,37)38)30-43-28-41-25(19-7-3-1-4-8-19)39-27-40-26(20-9-5-2-6-10-20)42-29(44-30)46(27)28/h1-18H. The molecule has 3 aliphatic heterocycles. The molecule has 0 unspecified atom stereocenters. The number of amidine groups is 2. The minimum absolute atomic E-state index is 0.0484. The van der Waals surface area contributed by atoms with Crippen molar-refractivity contribution in [3.63, 3.8) is 0 Å². The number of rotatable bonds is 4. The van der Waals surface area contributed by atoms with Gasteiger partial charge in [-0.05, 0) is 48.5 Å². The van der Waals surface area contributed by atoms with Crippen LogP contribution in [0.15, 0.2) is 139 Å². The number of hydrogen-bond donors (Lipinski definition) is 0. The van der Waals surface area contributed by atoms with E-state index in [4.69, 9.17) is 0 Å². The Morgan fingerprint density at radius 3 is 1.24 bits per heavy atom. The molecule has 0 aromatic heterocycles. The third-order valence-corrected chi connectivity index (χ3v) is 6.99. The Morgan fingerprint density at radius 2 is 0.826 bits per heavy atom. The number of halogens is 6. The number of hydrogen-bond acceptors (Lipinski definition) is 8. The summed E-state index contributed by atoms with van der Waals surface area (Å²) in [6.45, 7) is 0. The van der Waals surface area contributed by atoms with Crippen LogP contribution in [0.4, 0.5) is 37.7 Å². The van der Waals surface area contributed by atoms with Gasteiger partial charge in [-0.15, -0.1) is 0 Å². The van der Waals surface area contributed by atoms with Gasteiger partial charge in [-0.2, -0.15) is 56.3 Å². The van der Waals surface area contributed by atoms with Crippen LogP contribution in [-0.2, 0) is 12.4 Å². The highest BCUT2D eigenvalue weighted by Crippen LogP contribution is 2.36. The van der Waals surface area contributed by atoms with Gasteiger partial charge in [0.2, 0.25) is 23.8 Å². The molecule has 0 radical (unpaired) electrons.